The fraction of sp³-hybridized carbons (Fsp3) is 0.318. The Bertz CT molecular complexity index is 987. The van der Waals surface area contributed by atoms with E-state index in [2.05, 4.69) is 0 Å². The molecule has 2 aromatic carbocycles. The molecule has 2 aliphatic rings. The second-order valence-electron chi connectivity index (χ2n) is 7.38. The van der Waals surface area contributed by atoms with Crippen molar-refractivity contribution in [3.63, 3.8) is 0 Å². The molecule has 0 radical (unpaired) electrons. The third-order valence-electron chi connectivity index (χ3n) is 5.63. The molecule has 1 unspecified atom stereocenters. The maximum absolute atomic E-state index is 13.1. The Labute approximate surface area is 168 Å². The fourth-order valence-corrected chi connectivity index (χ4v) is 4.10. The Morgan fingerprint density at radius 1 is 1.14 bits per heavy atom. The molecule has 0 bridgehead atoms. The summed E-state index contributed by atoms with van der Waals surface area (Å²) < 4.78 is 5.35. The van der Waals surface area contributed by atoms with Crippen LogP contribution in [-0.2, 0) is 22.6 Å². The molecule has 7 heteroatoms. The molecular formula is C22H22N2O5. The molecule has 2 amide bonds. The molecule has 1 fully saturated rings. The summed E-state index contributed by atoms with van der Waals surface area (Å²) in [7, 11) is 1.55. The summed E-state index contributed by atoms with van der Waals surface area (Å²) in [5.41, 5.74) is 2.81. The van der Waals surface area contributed by atoms with Crippen molar-refractivity contribution in [3.8, 4) is 5.75 Å². The Hall–Kier alpha value is -3.35. The number of hydrogen-bond acceptors (Lipinski definition) is 4. The van der Waals surface area contributed by atoms with Crippen LogP contribution in [0, 0.1) is 5.92 Å². The molecule has 0 spiro atoms. The summed E-state index contributed by atoms with van der Waals surface area (Å²) in [4.78, 5) is 40.3. The predicted octanol–water partition coefficient (Wildman–Crippen LogP) is 2.33. The highest BCUT2D eigenvalue weighted by molar-refractivity contribution is 6.01. The van der Waals surface area contributed by atoms with Gasteiger partial charge in [0, 0.05) is 26.1 Å². The van der Waals surface area contributed by atoms with E-state index < -0.39 is 11.9 Å². The lowest BCUT2D eigenvalue weighted by atomic mass is 9.96. The molecule has 2 heterocycles. The highest BCUT2D eigenvalue weighted by atomic mass is 16.5. The number of carbonyl (C=O) groups is 3. The summed E-state index contributed by atoms with van der Waals surface area (Å²) >= 11 is 0. The number of nitrogens with zero attached hydrogens (tertiary/aromatic N) is 2. The molecule has 0 aromatic heterocycles. The van der Waals surface area contributed by atoms with Crippen LogP contribution in [0.2, 0.25) is 0 Å². The molecule has 7 nitrogen and oxygen atoms in total. The number of fused-ring (bicyclic) bond motifs is 1. The molecule has 29 heavy (non-hydrogen) atoms. The van der Waals surface area contributed by atoms with Crippen molar-refractivity contribution < 1.29 is 24.2 Å². The van der Waals surface area contributed by atoms with Crippen molar-refractivity contribution in [2.45, 2.75) is 19.4 Å². The minimum absolute atomic E-state index is 0.0675. The highest BCUT2D eigenvalue weighted by Crippen LogP contribution is 2.34. The summed E-state index contributed by atoms with van der Waals surface area (Å²) in [6.45, 7) is 1.25. The Kier molecular flexibility index (Phi) is 4.96. The van der Waals surface area contributed by atoms with Crippen molar-refractivity contribution in [2.24, 2.45) is 5.92 Å². The van der Waals surface area contributed by atoms with Crippen LogP contribution in [0.3, 0.4) is 0 Å². The Morgan fingerprint density at radius 3 is 2.69 bits per heavy atom. The van der Waals surface area contributed by atoms with E-state index >= 15 is 0 Å². The van der Waals surface area contributed by atoms with Gasteiger partial charge in [0.1, 0.15) is 5.75 Å². The van der Waals surface area contributed by atoms with Crippen LogP contribution >= 0.6 is 0 Å². The van der Waals surface area contributed by atoms with Crippen LogP contribution in [0.15, 0.2) is 42.5 Å². The quantitative estimate of drug-likeness (QED) is 0.860. The van der Waals surface area contributed by atoms with Gasteiger partial charge in [-0.3, -0.25) is 9.59 Å². The molecule has 0 aliphatic carbocycles. The number of carboxylic acids is 1. The SMILES string of the molecule is COc1ccccc1N1CC(C(=O)N2CCc3ccc(C(=O)O)cc3C2)CC1=O. The third-order valence-corrected chi connectivity index (χ3v) is 5.63. The lowest BCUT2D eigenvalue weighted by molar-refractivity contribution is -0.136. The molecule has 2 aliphatic heterocycles. The monoisotopic (exact) mass is 394 g/mol. The van der Waals surface area contributed by atoms with E-state index in [-0.39, 0.29) is 23.8 Å². The van der Waals surface area contributed by atoms with Crippen LogP contribution in [-0.4, -0.2) is 48.0 Å². The number of amides is 2. The summed E-state index contributed by atoms with van der Waals surface area (Å²) in [5.74, 6) is -0.968. The first kappa shape index (κ1) is 19.0. The number of rotatable bonds is 4. The van der Waals surface area contributed by atoms with E-state index in [4.69, 9.17) is 4.74 Å². The van der Waals surface area contributed by atoms with E-state index in [0.29, 0.717) is 37.5 Å². The summed E-state index contributed by atoms with van der Waals surface area (Å²) in [6, 6.07) is 12.3. The highest BCUT2D eigenvalue weighted by Gasteiger charge is 2.38. The predicted molar refractivity (Wildman–Crippen MR) is 106 cm³/mol. The standard InChI is InChI=1S/C22H22N2O5/c1-29-19-5-3-2-4-18(19)24-13-17(11-20(24)25)21(26)23-9-8-14-6-7-15(22(27)28)10-16(14)12-23/h2-7,10,17H,8-9,11-13H2,1H3,(H,27,28). The first-order chi connectivity index (χ1) is 14.0. The van der Waals surface area contributed by atoms with E-state index in [0.717, 1.165) is 11.1 Å². The van der Waals surface area contributed by atoms with E-state index in [1.165, 1.54) is 0 Å². The number of anilines is 1. The van der Waals surface area contributed by atoms with Gasteiger partial charge in [0.05, 0.1) is 24.3 Å². The molecule has 1 atom stereocenters. The summed E-state index contributed by atoms with van der Waals surface area (Å²) in [5, 5.41) is 9.21. The molecule has 150 valence electrons. The number of para-hydroxylation sites is 2. The van der Waals surface area contributed by atoms with Gasteiger partial charge in [-0.25, -0.2) is 4.79 Å². The zero-order valence-electron chi connectivity index (χ0n) is 16.1. The van der Waals surface area contributed by atoms with Crippen molar-refractivity contribution in [2.75, 3.05) is 25.1 Å². The lowest BCUT2D eigenvalue weighted by Gasteiger charge is -2.31. The molecule has 2 aromatic rings. The van der Waals surface area contributed by atoms with Crippen molar-refractivity contribution in [3.05, 3.63) is 59.2 Å². The van der Waals surface area contributed by atoms with Crippen LogP contribution in [0.5, 0.6) is 5.75 Å². The number of benzene rings is 2. The van der Waals surface area contributed by atoms with Crippen molar-refractivity contribution in [1.82, 2.24) is 4.90 Å². The van der Waals surface area contributed by atoms with E-state index in [9.17, 15) is 19.5 Å². The van der Waals surface area contributed by atoms with Gasteiger partial charge < -0.3 is 19.6 Å². The second kappa shape index (κ2) is 7.58. The number of aromatic carboxylic acids is 1. The van der Waals surface area contributed by atoms with Gasteiger partial charge in [-0.15, -0.1) is 0 Å². The maximum Gasteiger partial charge on any atom is 0.335 e. The third kappa shape index (κ3) is 3.55. The van der Waals surface area contributed by atoms with Gasteiger partial charge in [0.15, 0.2) is 0 Å². The smallest absolute Gasteiger partial charge is 0.335 e. The first-order valence-corrected chi connectivity index (χ1v) is 9.55. The minimum Gasteiger partial charge on any atom is -0.495 e. The molecule has 4 rings (SSSR count). The van der Waals surface area contributed by atoms with Gasteiger partial charge in [-0.05, 0) is 41.8 Å². The normalized spacial score (nSPS) is 18.5. The zero-order chi connectivity index (χ0) is 20.5. The minimum atomic E-state index is -0.981. The lowest BCUT2D eigenvalue weighted by Crippen LogP contribution is -2.40. The number of ether oxygens (including phenoxy) is 1. The van der Waals surface area contributed by atoms with Crippen LogP contribution in [0.25, 0.3) is 0 Å². The molecule has 1 saturated heterocycles. The van der Waals surface area contributed by atoms with Crippen LogP contribution in [0.1, 0.15) is 27.9 Å². The molecule has 0 saturated carbocycles. The first-order valence-electron chi connectivity index (χ1n) is 9.55. The van der Waals surface area contributed by atoms with Crippen molar-refractivity contribution >= 4 is 23.5 Å². The second-order valence-corrected chi connectivity index (χ2v) is 7.38. The average molecular weight is 394 g/mol. The Morgan fingerprint density at radius 2 is 1.93 bits per heavy atom. The number of carbonyl (C=O) groups excluding carboxylic acids is 2. The van der Waals surface area contributed by atoms with Gasteiger partial charge in [-0.1, -0.05) is 18.2 Å². The molecular weight excluding hydrogens is 372 g/mol. The number of carboxylic acid groups (broad SMARTS) is 1. The van der Waals surface area contributed by atoms with E-state index in [1.54, 1.807) is 35.1 Å². The van der Waals surface area contributed by atoms with Gasteiger partial charge >= 0.3 is 5.97 Å². The zero-order valence-corrected chi connectivity index (χ0v) is 16.1. The average Bonchev–Trinajstić information content (AvgIpc) is 3.13. The number of methoxy groups -OCH3 is 1. The van der Waals surface area contributed by atoms with Crippen LogP contribution < -0.4 is 9.64 Å². The van der Waals surface area contributed by atoms with Gasteiger partial charge in [-0.2, -0.15) is 0 Å². The van der Waals surface area contributed by atoms with Gasteiger partial charge in [0.2, 0.25) is 11.8 Å². The Balaban J connectivity index is 1.50. The largest absolute Gasteiger partial charge is 0.495 e. The number of hydrogen-bond donors (Lipinski definition) is 1. The molecule has 1 N–H and O–H groups in total. The fourth-order valence-electron chi connectivity index (χ4n) is 4.10. The topological polar surface area (TPSA) is 87.2 Å². The van der Waals surface area contributed by atoms with E-state index in [1.807, 2.05) is 24.3 Å². The van der Waals surface area contributed by atoms with Crippen molar-refractivity contribution in [1.29, 1.82) is 0 Å². The van der Waals surface area contributed by atoms with Crippen LogP contribution in [0.4, 0.5) is 5.69 Å². The maximum atomic E-state index is 13.1. The van der Waals surface area contributed by atoms with Gasteiger partial charge in [0.25, 0.3) is 0 Å². The summed E-state index contributed by atoms with van der Waals surface area (Å²) in [6.07, 6.45) is 0.841.